The maximum absolute atomic E-state index is 4.76. The van der Waals surface area contributed by atoms with Crippen molar-refractivity contribution in [3.05, 3.63) is 42.3 Å². The molecule has 4 nitrogen and oxygen atoms in total. The summed E-state index contributed by atoms with van der Waals surface area (Å²) in [5.74, 6) is 0. The van der Waals surface area contributed by atoms with Crippen molar-refractivity contribution in [2.75, 3.05) is 24.3 Å². The molecule has 0 amide bonds. The monoisotopic (exact) mass is 217 g/mol. The van der Waals surface area contributed by atoms with Crippen LogP contribution in [0.5, 0.6) is 0 Å². The normalized spacial score (nSPS) is 10.1. The molecule has 16 heavy (non-hydrogen) atoms. The van der Waals surface area contributed by atoms with E-state index in [2.05, 4.69) is 39.6 Å². The van der Waals surface area contributed by atoms with Crippen molar-refractivity contribution in [3.8, 4) is 0 Å². The molecule has 4 heteroatoms. The highest BCUT2D eigenvalue weighted by atomic mass is 16.5. The summed E-state index contributed by atoms with van der Waals surface area (Å²) in [5.41, 5.74) is 3.32. The van der Waals surface area contributed by atoms with Crippen molar-refractivity contribution in [1.82, 2.24) is 5.16 Å². The Hall–Kier alpha value is -1.97. The summed E-state index contributed by atoms with van der Waals surface area (Å²) in [4.78, 5) is 2.07. The van der Waals surface area contributed by atoms with E-state index in [0.717, 1.165) is 17.8 Å². The van der Waals surface area contributed by atoms with Gasteiger partial charge in [0.15, 0.2) is 0 Å². The van der Waals surface area contributed by atoms with Gasteiger partial charge in [-0.05, 0) is 24.3 Å². The van der Waals surface area contributed by atoms with Crippen molar-refractivity contribution in [3.63, 3.8) is 0 Å². The van der Waals surface area contributed by atoms with Gasteiger partial charge in [-0.15, -0.1) is 0 Å². The van der Waals surface area contributed by atoms with E-state index in [4.69, 9.17) is 4.52 Å². The molecule has 1 heterocycles. The van der Waals surface area contributed by atoms with Crippen LogP contribution >= 0.6 is 0 Å². The third kappa shape index (κ3) is 2.53. The molecule has 0 radical (unpaired) electrons. The second-order valence-electron chi connectivity index (χ2n) is 3.83. The number of hydrogen-bond donors (Lipinski definition) is 1. The van der Waals surface area contributed by atoms with Crippen molar-refractivity contribution in [2.45, 2.75) is 6.54 Å². The molecule has 0 atom stereocenters. The Morgan fingerprint density at radius 1 is 1.25 bits per heavy atom. The predicted molar refractivity (Wildman–Crippen MR) is 64.6 cm³/mol. The van der Waals surface area contributed by atoms with Crippen LogP contribution in [0.15, 0.2) is 41.2 Å². The summed E-state index contributed by atoms with van der Waals surface area (Å²) in [6, 6.07) is 8.28. The molecule has 0 bridgehead atoms. The molecule has 2 aromatic rings. The van der Waals surface area contributed by atoms with Crippen molar-refractivity contribution in [1.29, 1.82) is 0 Å². The van der Waals surface area contributed by atoms with E-state index in [1.807, 2.05) is 14.1 Å². The molecule has 0 unspecified atom stereocenters. The first-order chi connectivity index (χ1) is 7.75. The van der Waals surface area contributed by atoms with Gasteiger partial charge in [-0.1, -0.05) is 5.16 Å². The number of hydrogen-bond acceptors (Lipinski definition) is 4. The third-order valence-electron chi connectivity index (χ3n) is 2.36. The van der Waals surface area contributed by atoms with Crippen LogP contribution in [0.4, 0.5) is 11.4 Å². The Kier molecular flexibility index (Phi) is 3.10. The Balaban J connectivity index is 1.95. The van der Waals surface area contributed by atoms with E-state index in [1.165, 1.54) is 5.69 Å². The van der Waals surface area contributed by atoms with Gasteiger partial charge in [0, 0.05) is 37.6 Å². The molecule has 0 saturated carbocycles. The lowest BCUT2D eigenvalue weighted by atomic mass is 10.2. The molecule has 0 saturated heterocycles. The van der Waals surface area contributed by atoms with Crippen LogP contribution in [-0.2, 0) is 6.54 Å². The summed E-state index contributed by atoms with van der Waals surface area (Å²) < 4.78 is 4.76. The number of benzene rings is 1. The minimum absolute atomic E-state index is 0.727. The second-order valence-corrected chi connectivity index (χ2v) is 3.83. The standard InChI is InChI=1S/C12H15N3O/c1-15(2)12-5-3-11(4-6-12)13-7-10-8-14-16-9-10/h3-6,8-9,13H,7H2,1-2H3. The molecule has 0 fully saturated rings. The highest BCUT2D eigenvalue weighted by Crippen LogP contribution is 2.16. The van der Waals surface area contributed by atoms with Crippen LogP contribution < -0.4 is 10.2 Å². The summed E-state index contributed by atoms with van der Waals surface area (Å²) >= 11 is 0. The molecule has 0 aliphatic carbocycles. The second kappa shape index (κ2) is 4.70. The largest absolute Gasteiger partial charge is 0.381 e. The van der Waals surface area contributed by atoms with Crippen molar-refractivity contribution < 1.29 is 4.52 Å². The molecular weight excluding hydrogens is 202 g/mol. The fourth-order valence-electron chi connectivity index (χ4n) is 1.40. The maximum Gasteiger partial charge on any atom is 0.128 e. The van der Waals surface area contributed by atoms with Gasteiger partial charge >= 0.3 is 0 Å². The van der Waals surface area contributed by atoms with Crippen LogP contribution in [-0.4, -0.2) is 19.3 Å². The van der Waals surface area contributed by atoms with E-state index in [9.17, 15) is 0 Å². The van der Waals surface area contributed by atoms with Gasteiger partial charge in [-0.3, -0.25) is 0 Å². The lowest BCUT2D eigenvalue weighted by Crippen LogP contribution is -2.08. The average molecular weight is 217 g/mol. The number of aromatic nitrogens is 1. The van der Waals surface area contributed by atoms with Gasteiger partial charge in [-0.25, -0.2) is 0 Å². The Morgan fingerprint density at radius 2 is 2.00 bits per heavy atom. The highest BCUT2D eigenvalue weighted by molar-refractivity contribution is 5.54. The van der Waals surface area contributed by atoms with Crippen molar-refractivity contribution in [2.24, 2.45) is 0 Å². The molecule has 2 rings (SSSR count). The van der Waals surface area contributed by atoms with E-state index in [1.54, 1.807) is 12.5 Å². The van der Waals surface area contributed by atoms with Crippen LogP contribution in [0.2, 0.25) is 0 Å². The number of nitrogens with one attached hydrogen (secondary N) is 1. The topological polar surface area (TPSA) is 41.3 Å². The van der Waals surface area contributed by atoms with Gasteiger partial charge in [0.1, 0.15) is 6.26 Å². The Bertz CT molecular complexity index is 420. The number of anilines is 2. The van der Waals surface area contributed by atoms with E-state index in [-0.39, 0.29) is 0 Å². The Labute approximate surface area is 94.9 Å². The summed E-state index contributed by atoms with van der Waals surface area (Å²) in [7, 11) is 4.05. The lowest BCUT2D eigenvalue weighted by molar-refractivity contribution is 0.419. The minimum Gasteiger partial charge on any atom is -0.381 e. The first-order valence-electron chi connectivity index (χ1n) is 5.15. The van der Waals surface area contributed by atoms with Crippen LogP contribution in [0, 0.1) is 0 Å². The van der Waals surface area contributed by atoms with Crippen molar-refractivity contribution >= 4 is 11.4 Å². The summed E-state index contributed by atoms with van der Waals surface area (Å²) in [6.07, 6.45) is 3.35. The molecule has 1 N–H and O–H groups in total. The highest BCUT2D eigenvalue weighted by Gasteiger charge is 1.97. The average Bonchev–Trinajstić information content (AvgIpc) is 2.80. The zero-order valence-electron chi connectivity index (χ0n) is 9.47. The molecule has 0 aliphatic heterocycles. The third-order valence-corrected chi connectivity index (χ3v) is 2.36. The van der Waals surface area contributed by atoms with Gasteiger partial charge in [0.25, 0.3) is 0 Å². The molecular formula is C12H15N3O. The van der Waals surface area contributed by atoms with Gasteiger partial charge < -0.3 is 14.7 Å². The first-order valence-corrected chi connectivity index (χ1v) is 5.15. The fourth-order valence-corrected chi connectivity index (χ4v) is 1.40. The molecule has 1 aromatic carbocycles. The molecule has 1 aromatic heterocycles. The predicted octanol–water partition coefficient (Wildman–Crippen LogP) is 2.35. The quantitative estimate of drug-likeness (QED) is 0.853. The van der Waals surface area contributed by atoms with Gasteiger partial charge in [-0.2, -0.15) is 0 Å². The summed E-state index contributed by atoms with van der Waals surface area (Å²) in [6.45, 7) is 0.727. The molecule has 0 spiro atoms. The van der Waals surface area contributed by atoms with Gasteiger partial charge in [0.2, 0.25) is 0 Å². The first kappa shape index (κ1) is 10.5. The van der Waals surface area contributed by atoms with E-state index < -0.39 is 0 Å². The smallest absolute Gasteiger partial charge is 0.128 e. The fraction of sp³-hybridized carbons (Fsp3) is 0.250. The number of nitrogens with zero attached hydrogens (tertiary/aromatic N) is 2. The van der Waals surface area contributed by atoms with Gasteiger partial charge in [0.05, 0.1) is 6.20 Å². The number of rotatable bonds is 4. The van der Waals surface area contributed by atoms with Crippen LogP contribution in [0.25, 0.3) is 0 Å². The molecule has 84 valence electrons. The van der Waals surface area contributed by atoms with Crippen LogP contribution in [0.1, 0.15) is 5.56 Å². The maximum atomic E-state index is 4.76. The zero-order chi connectivity index (χ0) is 11.4. The Morgan fingerprint density at radius 3 is 2.56 bits per heavy atom. The molecule has 0 aliphatic rings. The lowest BCUT2D eigenvalue weighted by Gasteiger charge is -2.13. The van der Waals surface area contributed by atoms with E-state index >= 15 is 0 Å². The zero-order valence-corrected chi connectivity index (χ0v) is 9.47. The summed E-state index contributed by atoms with van der Waals surface area (Å²) in [5, 5.41) is 6.94. The van der Waals surface area contributed by atoms with E-state index in [0.29, 0.717) is 0 Å². The SMILES string of the molecule is CN(C)c1ccc(NCc2cnoc2)cc1. The van der Waals surface area contributed by atoms with Crippen LogP contribution in [0.3, 0.4) is 0 Å². The minimum atomic E-state index is 0.727.